The highest BCUT2D eigenvalue weighted by molar-refractivity contribution is 7.99. The number of hydrogen-bond donors (Lipinski definition) is 1. The molecule has 0 saturated heterocycles. The Balaban J connectivity index is 2.06. The number of thioether (sulfide) groups is 1. The maximum atomic E-state index is 13.0. The van der Waals surface area contributed by atoms with Gasteiger partial charge in [-0.05, 0) is 43.3 Å². The summed E-state index contributed by atoms with van der Waals surface area (Å²) >= 11 is 2.70. The van der Waals surface area contributed by atoms with E-state index in [9.17, 15) is 15.3 Å². The minimum Gasteiger partial charge on any atom is -0.463 e. The van der Waals surface area contributed by atoms with Gasteiger partial charge in [0.25, 0.3) is 0 Å². The summed E-state index contributed by atoms with van der Waals surface area (Å²) in [7, 11) is 0. The van der Waals surface area contributed by atoms with Crippen LogP contribution in [-0.2, 0) is 20.7 Å². The molecule has 0 radical (unpaired) electrons. The van der Waals surface area contributed by atoms with Crippen LogP contribution in [0.25, 0.3) is 0 Å². The lowest BCUT2D eigenvalue weighted by Gasteiger charge is -2.27. The molecule has 0 aliphatic carbocycles. The lowest BCUT2D eigenvalue weighted by atomic mass is 9.87. The quantitative estimate of drug-likeness (QED) is 0.473. The molecule has 7 nitrogen and oxygen atoms in total. The molecule has 1 aliphatic rings. The number of allylic oxidation sites excluding steroid dienone is 1. The van der Waals surface area contributed by atoms with Gasteiger partial charge in [-0.1, -0.05) is 24.8 Å². The molecule has 2 aromatic heterocycles. The molecule has 9 heteroatoms. The van der Waals surface area contributed by atoms with Gasteiger partial charge >= 0.3 is 5.97 Å². The molecule has 3 heterocycles. The van der Waals surface area contributed by atoms with Crippen molar-refractivity contribution in [3.63, 3.8) is 0 Å². The summed E-state index contributed by atoms with van der Waals surface area (Å²) in [5.41, 5.74) is 8.80. The van der Waals surface area contributed by atoms with Gasteiger partial charge in [-0.2, -0.15) is 10.5 Å². The Morgan fingerprint density at radius 2 is 2.16 bits per heavy atom. The van der Waals surface area contributed by atoms with Gasteiger partial charge in [0.2, 0.25) is 5.88 Å². The molecule has 0 bridgehead atoms. The van der Waals surface area contributed by atoms with Crippen LogP contribution in [0.1, 0.15) is 41.5 Å². The monoisotopic (exact) mass is 466 g/mol. The van der Waals surface area contributed by atoms with Gasteiger partial charge in [-0.3, -0.25) is 0 Å². The minimum absolute atomic E-state index is 0.0406. The fourth-order valence-corrected chi connectivity index (χ4v) is 5.17. The Hall–Kier alpha value is -3.27. The lowest BCUT2D eigenvalue weighted by Crippen LogP contribution is -2.26. The van der Waals surface area contributed by atoms with Crippen LogP contribution in [0.3, 0.4) is 0 Å². The summed E-state index contributed by atoms with van der Waals surface area (Å²) in [4.78, 5) is 18.4. The maximum absolute atomic E-state index is 13.0. The first-order chi connectivity index (χ1) is 15.4. The van der Waals surface area contributed by atoms with E-state index < -0.39 is 11.9 Å². The van der Waals surface area contributed by atoms with Crippen LogP contribution in [0.15, 0.2) is 51.4 Å². The molecule has 164 valence electrons. The predicted molar refractivity (Wildman–Crippen MR) is 122 cm³/mol. The molecule has 0 aromatic carbocycles. The molecule has 1 atom stereocenters. The zero-order valence-electron chi connectivity index (χ0n) is 18.0. The van der Waals surface area contributed by atoms with Crippen LogP contribution in [0.2, 0.25) is 0 Å². The molecule has 2 aromatic rings. The Labute approximate surface area is 195 Å². The number of carbonyl (C=O) groups excluding carboxylic acids is 1. The van der Waals surface area contributed by atoms with E-state index in [1.54, 1.807) is 6.92 Å². The van der Waals surface area contributed by atoms with E-state index in [4.69, 9.17) is 15.2 Å². The van der Waals surface area contributed by atoms with Crippen LogP contribution in [0.4, 0.5) is 0 Å². The number of carbonyl (C=O) groups is 1. The van der Waals surface area contributed by atoms with E-state index in [1.165, 1.54) is 23.1 Å². The van der Waals surface area contributed by atoms with Gasteiger partial charge in [0.05, 0.1) is 29.4 Å². The standard InChI is InChI=1S/C23H22N4O3S2/c1-4-16-13(3)9-14(10-24)22(27-16)32-12-17-20(23(28)29-5-2)19(18-7-6-8-31-18)15(11-25)21(26)30-17/h6-9,19H,4-5,12,26H2,1-3H3/t19-/m1/s1. The molecular formula is C23H22N4O3S2. The number of esters is 1. The second-order valence-corrected chi connectivity index (χ2v) is 8.80. The van der Waals surface area contributed by atoms with E-state index >= 15 is 0 Å². The number of rotatable bonds is 7. The van der Waals surface area contributed by atoms with Crippen molar-refractivity contribution in [3.05, 3.63) is 68.1 Å². The number of nitrogens with two attached hydrogens (primary N) is 1. The van der Waals surface area contributed by atoms with Crippen molar-refractivity contribution < 1.29 is 14.3 Å². The zero-order valence-corrected chi connectivity index (χ0v) is 19.6. The van der Waals surface area contributed by atoms with E-state index in [1.807, 2.05) is 37.4 Å². The summed E-state index contributed by atoms with van der Waals surface area (Å²) in [5.74, 6) is -0.776. The van der Waals surface area contributed by atoms with E-state index in [-0.39, 0.29) is 29.4 Å². The third kappa shape index (κ3) is 4.64. The fraction of sp³-hybridized carbons (Fsp3) is 0.304. The first-order valence-corrected chi connectivity index (χ1v) is 11.9. The Morgan fingerprint density at radius 1 is 1.38 bits per heavy atom. The minimum atomic E-state index is -0.670. The number of pyridine rings is 1. The Morgan fingerprint density at radius 3 is 2.75 bits per heavy atom. The second kappa shape index (κ2) is 10.4. The first-order valence-electron chi connectivity index (χ1n) is 9.99. The normalized spacial score (nSPS) is 15.7. The fourth-order valence-electron chi connectivity index (χ4n) is 3.41. The van der Waals surface area contributed by atoms with Crippen LogP contribution in [0, 0.1) is 29.6 Å². The SMILES string of the molecule is CCOC(=O)C1=C(CSc2nc(CC)c(C)cc2C#N)OC(N)=C(C#N)[C@@H]1c1cccs1. The highest BCUT2D eigenvalue weighted by atomic mass is 32.2. The number of nitrogens with zero attached hydrogens (tertiary/aromatic N) is 3. The Kier molecular flexibility index (Phi) is 7.57. The maximum Gasteiger partial charge on any atom is 0.338 e. The summed E-state index contributed by atoms with van der Waals surface area (Å²) in [6.07, 6.45) is 0.736. The van der Waals surface area contributed by atoms with Gasteiger partial charge in [0.15, 0.2) is 0 Å². The zero-order chi connectivity index (χ0) is 23.3. The van der Waals surface area contributed by atoms with Gasteiger partial charge in [-0.15, -0.1) is 11.3 Å². The largest absolute Gasteiger partial charge is 0.463 e. The van der Waals surface area contributed by atoms with E-state index in [0.717, 1.165) is 22.6 Å². The molecule has 0 spiro atoms. The van der Waals surface area contributed by atoms with Gasteiger partial charge < -0.3 is 15.2 Å². The molecule has 1 aliphatic heterocycles. The highest BCUT2D eigenvalue weighted by Gasteiger charge is 2.38. The number of aryl methyl sites for hydroxylation is 2. The second-order valence-electron chi connectivity index (χ2n) is 6.86. The summed E-state index contributed by atoms with van der Waals surface area (Å²) < 4.78 is 11.1. The van der Waals surface area contributed by atoms with E-state index in [2.05, 4.69) is 17.1 Å². The number of ether oxygens (including phenoxy) is 2. The molecule has 0 unspecified atom stereocenters. The van der Waals surface area contributed by atoms with Crippen molar-refractivity contribution in [1.29, 1.82) is 10.5 Å². The topological polar surface area (TPSA) is 122 Å². The van der Waals surface area contributed by atoms with Crippen molar-refractivity contribution in [3.8, 4) is 12.1 Å². The van der Waals surface area contributed by atoms with Gasteiger partial charge in [0, 0.05) is 10.6 Å². The molecule has 3 rings (SSSR count). The highest BCUT2D eigenvalue weighted by Crippen LogP contribution is 2.42. The average molecular weight is 467 g/mol. The summed E-state index contributed by atoms with van der Waals surface area (Å²) in [6, 6.07) is 9.77. The van der Waals surface area contributed by atoms with Crippen LogP contribution < -0.4 is 5.73 Å². The number of aromatic nitrogens is 1. The van der Waals surface area contributed by atoms with Gasteiger partial charge in [-0.25, -0.2) is 9.78 Å². The van der Waals surface area contributed by atoms with Crippen molar-refractivity contribution in [2.24, 2.45) is 5.73 Å². The average Bonchev–Trinajstić information content (AvgIpc) is 3.32. The Bertz CT molecular complexity index is 1170. The van der Waals surface area contributed by atoms with Crippen molar-refractivity contribution >= 4 is 29.1 Å². The third-order valence-corrected chi connectivity index (χ3v) is 6.83. The van der Waals surface area contributed by atoms with Crippen LogP contribution >= 0.6 is 23.1 Å². The molecule has 0 fully saturated rings. The smallest absolute Gasteiger partial charge is 0.338 e. The van der Waals surface area contributed by atoms with Crippen LogP contribution in [-0.4, -0.2) is 23.3 Å². The van der Waals surface area contributed by atoms with E-state index in [0.29, 0.717) is 16.3 Å². The number of hydrogen-bond acceptors (Lipinski definition) is 9. The van der Waals surface area contributed by atoms with Crippen molar-refractivity contribution in [2.45, 2.75) is 38.1 Å². The lowest BCUT2D eigenvalue weighted by molar-refractivity contribution is -0.139. The first kappa shape index (κ1) is 23.4. The number of thiophene rings is 1. The third-order valence-electron chi connectivity index (χ3n) is 4.90. The summed E-state index contributed by atoms with van der Waals surface area (Å²) in [6.45, 7) is 5.82. The molecule has 32 heavy (non-hydrogen) atoms. The molecule has 2 N–H and O–H groups in total. The van der Waals surface area contributed by atoms with Crippen molar-refractivity contribution in [1.82, 2.24) is 4.98 Å². The molecule has 0 amide bonds. The predicted octanol–water partition coefficient (Wildman–Crippen LogP) is 4.30. The number of nitriles is 2. The van der Waals surface area contributed by atoms with Gasteiger partial charge in [0.1, 0.15) is 28.5 Å². The summed E-state index contributed by atoms with van der Waals surface area (Å²) in [5, 5.41) is 21.7. The van der Waals surface area contributed by atoms with Crippen LogP contribution in [0.5, 0.6) is 0 Å². The molecular weight excluding hydrogens is 444 g/mol. The van der Waals surface area contributed by atoms with Crippen molar-refractivity contribution in [2.75, 3.05) is 12.4 Å². The molecule has 0 saturated carbocycles.